The van der Waals surface area contributed by atoms with Crippen LogP contribution in [0.3, 0.4) is 0 Å². The monoisotopic (exact) mass is 296 g/mol. The van der Waals surface area contributed by atoms with E-state index in [9.17, 15) is 4.79 Å². The Bertz CT molecular complexity index is 705. The second-order valence-electron chi connectivity index (χ2n) is 6.20. The Morgan fingerprint density at radius 1 is 1.05 bits per heavy atom. The van der Waals surface area contributed by atoms with Crippen LogP contribution in [-0.4, -0.2) is 29.0 Å². The topological polar surface area (TPSA) is 58.1 Å². The number of nitrogens with one attached hydrogen (secondary N) is 1. The van der Waals surface area contributed by atoms with E-state index < -0.39 is 0 Å². The molecule has 2 aliphatic rings. The molecule has 0 radical (unpaired) electrons. The van der Waals surface area contributed by atoms with E-state index in [1.54, 1.807) is 0 Å². The van der Waals surface area contributed by atoms with Gasteiger partial charge in [-0.25, -0.2) is 9.97 Å². The van der Waals surface area contributed by atoms with E-state index in [1.165, 1.54) is 12.8 Å². The minimum atomic E-state index is 0.0938. The molecule has 0 atom stereocenters. The van der Waals surface area contributed by atoms with Crippen LogP contribution >= 0.6 is 0 Å². The molecular formula is C17H20N4O. The molecule has 0 spiro atoms. The van der Waals surface area contributed by atoms with Crippen molar-refractivity contribution in [3.63, 3.8) is 0 Å². The second-order valence-corrected chi connectivity index (χ2v) is 6.20. The number of nitrogens with zero attached hydrogens (tertiary/aromatic N) is 3. The summed E-state index contributed by atoms with van der Waals surface area (Å²) in [5.41, 5.74) is 1.71. The minimum absolute atomic E-state index is 0.0938. The van der Waals surface area contributed by atoms with Gasteiger partial charge in [0.1, 0.15) is 0 Å². The quantitative estimate of drug-likeness (QED) is 0.946. The van der Waals surface area contributed by atoms with Crippen LogP contribution < -0.4 is 10.2 Å². The smallest absolute Gasteiger partial charge is 0.228 e. The highest BCUT2D eigenvalue weighted by Gasteiger charge is 2.27. The van der Waals surface area contributed by atoms with Gasteiger partial charge in [0.2, 0.25) is 5.91 Å². The van der Waals surface area contributed by atoms with Crippen LogP contribution in [0.25, 0.3) is 11.0 Å². The zero-order valence-corrected chi connectivity index (χ0v) is 12.6. The van der Waals surface area contributed by atoms with E-state index in [1.807, 2.05) is 24.3 Å². The summed E-state index contributed by atoms with van der Waals surface area (Å²) in [6.45, 7) is 1.97. The van der Waals surface area contributed by atoms with Crippen molar-refractivity contribution in [1.82, 2.24) is 9.97 Å². The van der Waals surface area contributed by atoms with Crippen molar-refractivity contribution in [2.45, 2.75) is 32.1 Å². The number of benzene rings is 1. The fourth-order valence-electron chi connectivity index (χ4n) is 3.11. The Balaban J connectivity index is 1.72. The molecular weight excluding hydrogens is 276 g/mol. The average molecular weight is 296 g/mol. The van der Waals surface area contributed by atoms with E-state index in [4.69, 9.17) is 4.98 Å². The molecule has 1 amide bonds. The van der Waals surface area contributed by atoms with Crippen molar-refractivity contribution in [1.29, 1.82) is 0 Å². The standard InChI is InChI=1S/C17H20N4O/c22-17(12-6-5-7-12)20-15-16(21-10-3-4-11-21)19-14-9-2-1-8-13(14)18-15/h1-2,8-9,12H,3-7,10-11H2,(H,18,20,22). The highest BCUT2D eigenvalue weighted by molar-refractivity contribution is 5.96. The molecule has 1 aromatic carbocycles. The van der Waals surface area contributed by atoms with Gasteiger partial charge in [-0.05, 0) is 37.8 Å². The Hall–Kier alpha value is -2.17. The molecule has 1 aromatic heterocycles. The number of fused-ring (bicyclic) bond motifs is 1. The number of anilines is 2. The van der Waals surface area contributed by atoms with Crippen molar-refractivity contribution < 1.29 is 4.79 Å². The minimum Gasteiger partial charge on any atom is -0.354 e. The van der Waals surface area contributed by atoms with Crippen LogP contribution in [0.2, 0.25) is 0 Å². The Morgan fingerprint density at radius 2 is 1.73 bits per heavy atom. The molecule has 114 valence electrons. The van der Waals surface area contributed by atoms with Gasteiger partial charge in [-0.15, -0.1) is 0 Å². The number of para-hydroxylation sites is 2. The predicted octanol–water partition coefficient (Wildman–Crippen LogP) is 2.97. The first kappa shape index (κ1) is 13.5. The number of hydrogen-bond donors (Lipinski definition) is 1. The Kier molecular flexibility index (Phi) is 3.41. The summed E-state index contributed by atoms with van der Waals surface area (Å²) in [6, 6.07) is 7.83. The van der Waals surface area contributed by atoms with Crippen molar-refractivity contribution in [3.8, 4) is 0 Å². The molecule has 1 aliphatic heterocycles. The SMILES string of the molecule is O=C(Nc1nc2ccccc2nc1N1CCCC1)C1CCC1. The fourth-order valence-corrected chi connectivity index (χ4v) is 3.11. The van der Waals surface area contributed by atoms with Gasteiger partial charge in [-0.1, -0.05) is 18.6 Å². The van der Waals surface area contributed by atoms with Crippen molar-refractivity contribution in [3.05, 3.63) is 24.3 Å². The van der Waals surface area contributed by atoms with Crippen molar-refractivity contribution in [2.24, 2.45) is 5.92 Å². The lowest BCUT2D eigenvalue weighted by Gasteiger charge is -2.25. The number of amides is 1. The molecule has 2 aromatic rings. The first-order chi connectivity index (χ1) is 10.8. The molecule has 1 saturated heterocycles. The third-order valence-corrected chi connectivity index (χ3v) is 4.68. The van der Waals surface area contributed by atoms with E-state index in [0.717, 1.165) is 49.2 Å². The first-order valence-corrected chi connectivity index (χ1v) is 8.14. The van der Waals surface area contributed by atoms with Crippen molar-refractivity contribution in [2.75, 3.05) is 23.3 Å². The Morgan fingerprint density at radius 3 is 2.36 bits per heavy atom. The van der Waals surface area contributed by atoms with Crippen molar-refractivity contribution >= 4 is 28.6 Å². The molecule has 0 bridgehead atoms. The lowest BCUT2D eigenvalue weighted by Crippen LogP contribution is -2.30. The molecule has 1 saturated carbocycles. The zero-order valence-electron chi connectivity index (χ0n) is 12.6. The summed E-state index contributed by atoms with van der Waals surface area (Å²) in [5, 5.41) is 3.03. The summed E-state index contributed by atoms with van der Waals surface area (Å²) >= 11 is 0. The van der Waals surface area contributed by atoms with Gasteiger partial charge in [-0.3, -0.25) is 4.79 Å². The van der Waals surface area contributed by atoms with E-state index >= 15 is 0 Å². The third-order valence-electron chi connectivity index (χ3n) is 4.68. The molecule has 1 aliphatic carbocycles. The van der Waals surface area contributed by atoms with Crippen LogP contribution in [0.4, 0.5) is 11.6 Å². The highest BCUT2D eigenvalue weighted by Crippen LogP contribution is 2.31. The predicted molar refractivity (Wildman–Crippen MR) is 87.0 cm³/mol. The maximum Gasteiger partial charge on any atom is 0.228 e. The molecule has 5 heteroatoms. The molecule has 2 fully saturated rings. The zero-order chi connectivity index (χ0) is 14.9. The summed E-state index contributed by atoms with van der Waals surface area (Å²) in [6.07, 6.45) is 5.48. The van der Waals surface area contributed by atoms with E-state index in [2.05, 4.69) is 15.2 Å². The maximum absolute atomic E-state index is 12.3. The van der Waals surface area contributed by atoms with Crippen LogP contribution in [0, 0.1) is 5.92 Å². The van der Waals surface area contributed by atoms with Crippen LogP contribution in [0.1, 0.15) is 32.1 Å². The molecule has 22 heavy (non-hydrogen) atoms. The van der Waals surface area contributed by atoms with E-state index in [0.29, 0.717) is 5.82 Å². The summed E-state index contributed by atoms with van der Waals surface area (Å²) < 4.78 is 0. The van der Waals surface area contributed by atoms with Crippen LogP contribution in [0.5, 0.6) is 0 Å². The summed E-state index contributed by atoms with van der Waals surface area (Å²) in [5.74, 6) is 1.69. The molecule has 1 N–H and O–H groups in total. The average Bonchev–Trinajstić information content (AvgIpc) is 2.98. The summed E-state index contributed by atoms with van der Waals surface area (Å²) in [4.78, 5) is 24.0. The number of rotatable bonds is 3. The fraction of sp³-hybridized carbons (Fsp3) is 0.471. The lowest BCUT2D eigenvalue weighted by atomic mass is 9.85. The maximum atomic E-state index is 12.3. The lowest BCUT2D eigenvalue weighted by molar-refractivity contribution is -0.122. The van der Waals surface area contributed by atoms with Gasteiger partial charge in [0, 0.05) is 19.0 Å². The van der Waals surface area contributed by atoms with Gasteiger partial charge >= 0.3 is 0 Å². The third kappa shape index (κ3) is 2.40. The van der Waals surface area contributed by atoms with Gasteiger partial charge < -0.3 is 10.2 Å². The van der Waals surface area contributed by atoms with Gasteiger partial charge in [0.25, 0.3) is 0 Å². The van der Waals surface area contributed by atoms with Crippen LogP contribution in [-0.2, 0) is 4.79 Å². The molecule has 4 rings (SSSR count). The van der Waals surface area contributed by atoms with Crippen LogP contribution in [0.15, 0.2) is 24.3 Å². The molecule has 0 unspecified atom stereocenters. The Labute approximate surface area is 129 Å². The number of carbonyl (C=O) groups is 1. The molecule has 2 heterocycles. The highest BCUT2D eigenvalue weighted by atomic mass is 16.2. The van der Waals surface area contributed by atoms with E-state index in [-0.39, 0.29) is 11.8 Å². The first-order valence-electron chi connectivity index (χ1n) is 8.14. The van der Waals surface area contributed by atoms with Gasteiger partial charge in [0.05, 0.1) is 11.0 Å². The van der Waals surface area contributed by atoms with Gasteiger partial charge in [0.15, 0.2) is 11.6 Å². The largest absolute Gasteiger partial charge is 0.354 e. The normalized spacial score (nSPS) is 18.5. The number of hydrogen-bond acceptors (Lipinski definition) is 4. The molecule has 5 nitrogen and oxygen atoms in total. The van der Waals surface area contributed by atoms with Gasteiger partial charge in [-0.2, -0.15) is 0 Å². The number of aromatic nitrogens is 2. The summed E-state index contributed by atoms with van der Waals surface area (Å²) in [7, 11) is 0. The second kappa shape index (κ2) is 5.55. The number of carbonyl (C=O) groups excluding carboxylic acids is 1.